The van der Waals surface area contributed by atoms with Gasteiger partial charge >= 0.3 is 5.97 Å². The molecule has 0 aliphatic heterocycles. The van der Waals surface area contributed by atoms with E-state index in [-0.39, 0.29) is 19.3 Å². The van der Waals surface area contributed by atoms with Crippen molar-refractivity contribution in [2.75, 3.05) is 0 Å². The number of amides is 1. The lowest BCUT2D eigenvalue weighted by Gasteiger charge is -2.34. The Morgan fingerprint density at radius 1 is 0.882 bits per heavy atom. The van der Waals surface area contributed by atoms with Crippen LogP contribution in [-0.2, 0) is 25.8 Å². The molecule has 4 rings (SSSR count). The number of nitrogens with one attached hydrogen (secondary N) is 1. The summed E-state index contributed by atoms with van der Waals surface area (Å²) in [7, 11) is -3.71. The summed E-state index contributed by atoms with van der Waals surface area (Å²) in [6.07, 6.45) is 5.89. The summed E-state index contributed by atoms with van der Waals surface area (Å²) in [4.78, 5) is 25.5. The minimum absolute atomic E-state index is 0.0930. The molecule has 0 aromatic heterocycles. The molecule has 2 aromatic carbocycles. The highest BCUT2D eigenvalue weighted by molar-refractivity contribution is 7.94. The smallest absolute Gasteiger partial charge is 0.326 e. The van der Waals surface area contributed by atoms with E-state index in [9.17, 15) is 23.1 Å². The third-order valence-corrected chi connectivity index (χ3v) is 10.5. The van der Waals surface area contributed by atoms with Crippen LogP contribution in [0.25, 0.3) is 11.1 Å². The Morgan fingerprint density at radius 2 is 1.47 bits per heavy atom. The van der Waals surface area contributed by atoms with Crippen LogP contribution in [-0.4, -0.2) is 41.4 Å². The number of hydrogen-bond acceptors (Lipinski definition) is 4. The lowest BCUT2D eigenvalue weighted by Crippen LogP contribution is -2.57. The minimum Gasteiger partial charge on any atom is -0.480 e. The van der Waals surface area contributed by atoms with Crippen molar-refractivity contribution in [1.82, 2.24) is 5.32 Å². The Kier molecular flexibility index (Phi) is 7.41. The Labute approximate surface area is 201 Å². The van der Waals surface area contributed by atoms with Gasteiger partial charge in [-0.1, -0.05) is 86.7 Å². The van der Waals surface area contributed by atoms with Gasteiger partial charge in [0, 0.05) is 6.42 Å². The van der Waals surface area contributed by atoms with Gasteiger partial charge in [-0.3, -0.25) is 4.79 Å². The van der Waals surface area contributed by atoms with Crippen molar-refractivity contribution < 1.29 is 23.1 Å². The van der Waals surface area contributed by atoms with E-state index in [4.69, 9.17) is 0 Å². The minimum atomic E-state index is -3.71. The van der Waals surface area contributed by atoms with Crippen molar-refractivity contribution >= 4 is 21.7 Å². The second-order valence-electron chi connectivity index (χ2n) is 9.64. The third kappa shape index (κ3) is 4.90. The SMILES string of the molecule is O=C(O)[C@H](Cc1ccc(-c2ccccc2)cc1)NC(=O)C1(S(=O)(=O)C2CCCCC2)CCCC1. The molecule has 2 fully saturated rings. The molecule has 1 atom stereocenters. The first-order chi connectivity index (χ1) is 16.3. The van der Waals surface area contributed by atoms with Crippen LogP contribution in [0.2, 0.25) is 0 Å². The fourth-order valence-electron chi connectivity index (χ4n) is 5.47. The lowest BCUT2D eigenvalue weighted by atomic mass is 9.99. The van der Waals surface area contributed by atoms with Crippen molar-refractivity contribution in [2.45, 2.75) is 80.2 Å². The molecule has 2 N–H and O–H groups in total. The van der Waals surface area contributed by atoms with E-state index in [1.165, 1.54) is 0 Å². The van der Waals surface area contributed by atoms with Crippen molar-refractivity contribution in [3.8, 4) is 11.1 Å². The number of hydrogen-bond donors (Lipinski definition) is 2. The quantitative estimate of drug-likeness (QED) is 0.575. The molecule has 0 heterocycles. The maximum Gasteiger partial charge on any atom is 0.326 e. The van der Waals surface area contributed by atoms with E-state index in [0.29, 0.717) is 25.7 Å². The van der Waals surface area contributed by atoms with Crippen molar-refractivity contribution in [3.05, 3.63) is 60.2 Å². The molecule has 0 unspecified atom stereocenters. The fourth-order valence-corrected chi connectivity index (χ4v) is 8.24. The molecule has 2 aromatic rings. The largest absolute Gasteiger partial charge is 0.480 e. The average Bonchev–Trinajstić information content (AvgIpc) is 3.37. The van der Waals surface area contributed by atoms with E-state index in [0.717, 1.165) is 36.0 Å². The van der Waals surface area contributed by atoms with Crippen LogP contribution >= 0.6 is 0 Å². The zero-order chi connectivity index (χ0) is 24.2. The molecule has 0 bridgehead atoms. The Balaban J connectivity index is 1.51. The van der Waals surface area contributed by atoms with Crippen molar-refractivity contribution in [1.29, 1.82) is 0 Å². The van der Waals surface area contributed by atoms with Crippen LogP contribution in [0.5, 0.6) is 0 Å². The van der Waals surface area contributed by atoms with Crippen LogP contribution in [0.3, 0.4) is 0 Å². The molecule has 2 aliphatic rings. The molecule has 0 saturated heterocycles. The number of sulfone groups is 1. The number of carbonyl (C=O) groups excluding carboxylic acids is 1. The van der Waals surface area contributed by atoms with Crippen LogP contribution in [0.1, 0.15) is 63.4 Å². The Morgan fingerprint density at radius 3 is 2.06 bits per heavy atom. The van der Waals surface area contributed by atoms with Gasteiger partial charge in [0.25, 0.3) is 0 Å². The van der Waals surface area contributed by atoms with Gasteiger partial charge in [0.2, 0.25) is 5.91 Å². The molecule has 0 radical (unpaired) electrons. The normalized spacial score (nSPS) is 19.4. The maximum absolute atomic E-state index is 13.6. The zero-order valence-corrected chi connectivity index (χ0v) is 20.2. The van der Waals surface area contributed by atoms with Gasteiger partial charge < -0.3 is 10.4 Å². The van der Waals surface area contributed by atoms with Gasteiger partial charge in [-0.15, -0.1) is 0 Å². The average molecular weight is 484 g/mol. The summed E-state index contributed by atoms with van der Waals surface area (Å²) in [6.45, 7) is 0. The molecular formula is C27H33NO5S. The van der Waals surface area contributed by atoms with E-state index in [2.05, 4.69) is 5.32 Å². The van der Waals surface area contributed by atoms with E-state index in [1.54, 1.807) is 0 Å². The van der Waals surface area contributed by atoms with Gasteiger partial charge in [-0.25, -0.2) is 13.2 Å². The molecule has 34 heavy (non-hydrogen) atoms. The van der Waals surface area contributed by atoms with E-state index < -0.39 is 37.8 Å². The summed E-state index contributed by atoms with van der Waals surface area (Å²) in [5.41, 5.74) is 2.85. The molecular weight excluding hydrogens is 450 g/mol. The number of carboxylic acids is 1. The number of aliphatic carboxylic acids is 1. The van der Waals surface area contributed by atoms with Crippen molar-refractivity contribution in [3.63, 3.8) is 0 Å². The topological polar surface area (TPSA) is 101 Å². The lowest BCUT2D eigenvalue weighted by molar-refractivity contribution is -0.142. The van der Waals surface area contributed by atoms with Crippen molar-refractivity contribution in [2.24, 2.45) is 0 Å². The van der Waals surface area contributed by atoms with E-state index >= 15 is 0 Å². The van der Waals surface area contributed by atoms with Crippen LogP contribution in [0.15, 0.2) is 54.6 Å². The number of benzene rings is 2. The Bertz CT molecular complexity index is 1100. The molecule has 0 spiro atoms. The first kappa shape index (κ1) is 24.5. The van der Waals surface area contributed by atoms with Crippen LogP contribution < -0.4 is 5.32 Å². The number of carbonyl (C=O) groups is 2. The van der Waals surface area contributed by atoms with Gasteiger partial charge in [-0.05, 0) is 42.4 Å². The first-order valence-corrected chi connectivity index (χ1v) is 13.8. The Hall–Kier alpha value is -2.67. The summed E-state index contributed by atoms with van der Waals surface area (Å²) in [6, 6.07) is 16.3. The van der Waals surface area contributed by atoms with Gasteiger partial charge in [-0.2, -0.15) is 0 Å². The molecule has 7 heteroatoms. The summed E-state index contributed by atoms with van der Waals surface area (Å²) < 4.78 is 25.7. The second kappa shape index (κ2) is 10.3. The van der Waals surface area contributed by atoms with Gasteiger partial charge in [0.1, 0.15) is 6.04 Å². The maximum atomic E-state index is 13.6. The van der Waals surface area contributed by atoms with Gasteiger partial charge in [0.05, 0.1) is 5.25 Å². The molecule has 1 amide bonds. The highest BCUT2D eigenvalue weighted by atomic mass is 32.2. The molecule has 2 saturated carbocycles. The number of carboxylic acid groups (broad SMARTS) is 1. The van der Waals surface area contributed by atoms with Gasteiger partial charge in [0.15, 0.2) is 14.6 Å². The predicted molar refractivity (Wildman–Crippen MR) is 132 cm³/mol. The highest BCUT2D eigenvalue weighted by Gasteiger charge is 2.55. The summed E-state index contributed by atoms with van der Waals surface area (Å²) in [5, 5.41) is 12.0. The standard InChI is InChI=1S/C27H33NO5S/c29-25(30)24(19-20-13-15-22(16-14-20)21-9-3-1-4-10-21)28-26(31)27(17-7-8-18-27)34(32,33)23-11-5-2-6-12-23/h1,3-4,9-10,13-16,23-24H,2,5-8,11-12,17-19H2,(H,28,31)(H,29,30)/t24-/m0/s1. The highest BCUT2D eigenvalue weighted by Crippen LogP contribution is 2.42. The molecule has 182 valence electrons. The fraction of sp³-hybridized carbons (Fsp3) is 0.481. The first-order valence-electron chi connectivity index (χ1n) is 12.2. The predicted octanol–water partition coefficient (Wildman–Crippen LogP) is 4.53. The number of rotatable bonds is 8. The second-order valence-corrected chi connectivity index (χ2v) is 12.2. The summed E-state index contributed by atoms with van der Waals surface area (Å²) >= 11 is 0. The monoisotopic (exact) mass is 483 g/mol. The van der Waals surface area contributed by atoms with Crippen LogP contribution in [0, 0.1) is 0 Å². The zero-order valence-electron chi connectivity index (χ0n) is 19.4. The van der Waals surface area contributed by atoms with Crippen LogP contribution in [0.4, 0.5) is 0 Å². The van der Waals surface area contributed by atoms with E-state index in [1.807, 2.05) is 54.6 Å². The molecule has 6 nitrogen and oxygen atoms in total. The summed E-state index contributed by atoms with van der Waals surface area (Å²) in [5.74, 6) is -1.80. The molecule has 2 aliphatic carbocycles. The third-order valence-electron chi connectivity index (χ3n) is 7.47.